The summed E-state index contributed by atoms with van der Waals surface area (Å²) in [5.74, 6) is 0.754. The molecule has 0 heterocycles. The highest BCUT2D eigenvalue weighted by Gasteiger charge is 2.23. The van der Waals surface area contributed by atoms with Gasteiger partial charge in [-0.3, -0.25) is 4.79 Å². The molecular formula is C13H26N2O. The van der Waals surface area contributed by atoms with Crippen molar-refractivity contribution in [3.8, 4) is 0 Å². The number of hydrogen-bond acceptors (Lipinski definition) is 2. The van der Waals surface area contributed by atoms with Crippen LogP contribution in [0.2, 0.25) is 0 Å². The Kier molecular flexibility index (Phi) is 4.78. The van der Waals surface area contributed by atoms with Crippen LogP contribution >= 0.6 is 0 Å². The Morgan fingerprint density at radius 3 is 2.44 bits per heavy atom. The summed E-state index contributed by atoms with van der Waals surface area (Å²) in [7, 11) is 0. The Hall–Kier alpha value is -0.570. The second kappa shape index (κ2) is 5.67. The van der Waals surface area contributed by atoms with Crippen molar-refractivity contribution in [3.05, 3.63) is 0 Å². The number of carbonyl (C=O) groups is 1. The molecule has 0 bridgehead atoms. The fourth-order valence-corrected chi connectivity index (χ4v) is 2.47. The lowest BCUT2D eigenvalue weighted by atomic mass is 9.84. The van der Waals surface area contributed by atoms with Crippen molar-refractivity contribution in [2.24, 2.45) is 11.7 Å². The molecule has 1 amide bonds. The maximum absolute atomic E-state index is 11.7. The maximum atomic E-state index is 11.7. The summed E-state index contributed by atoms with van der Waals surface area (Å²) in [5, 5.41) is 3.09. The summed E-state index contributed by atoms with van der Waals surface area (Å²) in [4.78, 5) is 11.7. The van der Waals surface area contributed by atoms with E-state index >= 15 is 0 Å². The van der Waals surface area contributed by atoms with Gasteiger partial charge < -0.3 is 11.1 Å². The third kappa shape index (κ3) is 4.97. The summed E-state index contributed by atoms with van der Waals surface area (Å²) in [6.45, 7) is 5.90. The Morgan fingerprint density at radius 1 is 1.38 bits per heavy atom. The molecule has 0 aromatic carbocycles. The number of rotatable bonds is 4. The molecule has 3 N–H and O–H groups in total. The molecule has 1 unspecified atom stereocenters. The van der Waals surface area contributed by atoms with Gasteiger partial charge in [-0.15, -0.1) is 0 Å². The summed E-state index contributed by atoms with van der Waals surface area (Å²) in [6, 6.07) is 0.301. The zero-order valence-electron chi connectivity index (χ0n) is 10.9. The van der Waals surface area contributed by atoms with E-state index in [1.54, 1.807) is 0 Å². The van der Waals surface area contributed by atoms with Gasteiger partial charge in [-0.05, 0) is 39.5 Å². The molecule has 0 aromatic heterocycles. The maximum Gasteiger partial charge on any atom is 0.222 e. The van der Waals surface area contributed by atoms with Gasteiger partial charge in [0.25, 0.3) is 0 Å². The molecule has 1 fully saturated rings. The van der Waals surface area contributed by atoms with E-state index in [0.717, 1.165) is 0 Å². The normalized spacial score (nSPS) is 20.5. The van der Waals surface area contributed by atoms with Gasteiger partial charge in [0.2, 0.25) is 5.91 Å². The van der Waals surface area contributed by atoms with Crippen LogP contribution in [0.4, 0.5) is 0 Å². The average molecular weight is 226 g/mol. The molecule has 1 atom stereocenters. The number of amides is 1. The number of nitrogens with one attached hydrogen (secondary N) is 1. The van der Waals surface area contributed by atoms with E-state index in [0.29, 0.717) is 18.4 Å². The molecule has 1 rings (SSSR count). The minimum atomic E-state index is -0.406. The van der Waals surface area contributed by atoms with Crippen molar-refractivity contribution in [2.45, 2.75) is 70.9 Å². The highest BCUT2D eigenvalue weighted by atomic mass is 16.1. The van der Waals surface area contributed by atoms with Crippen LogP contribution in [0.5, 0.6) is 0 Å². The Labute approximate surface area is 99.2 Å². The van der Waals surface area contributed by atoms with Gasteiger partial charge >= 0.3 is 0 Å². The molecule has 3 heteroatoms. The number of nitrogens with two attached hydrogens (primary N) is 1. The van der Waals surface area contributed by atoms with Crippen molar-refractivity contribution >= 4 is 5.91 Å². The topological polar surface area (TPSA) is 55.1 Å². The molecule has 3 nitrogen and oxygen atoms in total. The summed E-state index contributed by atoms with van der Waals surface area (Å²) in [6.07, 6.45) is 6.90. The predicted molar refractivity (Wildman–Crippen MR) is 67.1 cm³/mol. The van der Waals surface area contributed by atoms with Crippen molar-refractivity contribution in [1.29, 1.82) is 0 Å². The summed E-state index contributed by atoms with van der Waals surface area (Å²) >= 11 is 0. The first-order chi connectivity index (χ1) is 7.38. The van der Waals surface area contributed by atoms with Crippen LogP contribution in [0, 0.1) is 5.92 Å². The van der Waals surface area contributed by atoms with Gasteiger partial charge in [-0.1, -0.05) is 19.3 Å². The minimum Gasteiger partial charge on any atom is -0.353 e. The second-order valence-electron chi connectivity index (χ2n) is 5.92. The van der Waals surface area contributed by atoms with Gasteiger partial charge in [-0.2, -0.15) is 0 Å². The van der Waals surface area contributed by atoms with E-state index in [4.69, 9.17) is 5.73 Å². The largest absolute Gasteiger partial charge is 0.353 e. The van der Waals surface area contributed by atoms with Crippen molar-refractivity contribution in [2.75, 3.05) is 0 Å². The lowest BCUT2D eigenvalue weighted by Gasteiger charge is -2.29. The highest BCUT2D eigenvalue weighted by Crippen LogP contribution is 2.26. The molecule has 1 aliphatic rings. The van der Waals surface area contributed by atoms with Crippen molar-refractivity contribution in [1.82, 2.24) is 5.32 Å². The van der Waals surface area contributed by atoms with E-state index < -0.39 is 5.54 Å². The smallest absolute Gasteiger partial charge is 0.222 e. The molecule has 0 radical (unpaired) electrons. The van der Waals surface area contributed by atoms with Crippen LogP contribution in [0.15, 0.2) is 0 Å². The molecule has 1 aliphatic carbocycles. The van der Waals surface area contributed by atoms with Gasteiger partial charge in [0, 0.05) is 18.0 Å². The third-order valence-corrected chi connectivity index (χ3v) is 3.36. The first-order valence-electron chi connectivity index (χ1n) is 6.47. The zero-order valence-corrected chi connectivity index (χ0v) is 10.9. The van der Waals surface area contributed by atoms with E-state index in [1.807, 2.05) is 13.8 Å². The minimum absolute atomic E-state index is 0.0885. The van der Waals surface area contributed by atoms with Crippen LogP contribution in [0.3, 0.4) is 0 Å². The van der Waals surface area contributed by atoms with E-state index in [2.05, 4.69) is 12.2 Å². The van der Waals surface area contributed by atoms with Crippen LogP contribution in [-0.2, 0) is 4.79 Å². The second-order valence-corrected chi connectivity index (χ2v) is 5.92. The molecule has 94 valence electrons. The molecule has 0 aliphatic heterocycles. The van der Waals surface area contributed by atoms with Gasteiger partial charge in [-0.25, -0.2) is 0 Å². The summed E-state index contributed by atoms with van der Waals surface area (Å²) in [5.41, 5.74) is 5.42. The molecule has 0 saturated heterocycles. The first-order valence-corrected chi connectivity index (χ1v) is 6.47. The van der Waals surface area contributed by atoms with Crippen LogP contribution in [0.25, 0.3) is 0 Å². The van der Waals surface area contributed by atoms with Crippen LogP contribution in [0.1, 0.15) is 59.3 Å². The third-order valence-electron chi connectivity index (χ3n) is 3.36. The SMILES string of the molecule is CC(NC(=O)CC(C)(C)N)C1CCCCC1. The number of carbonyl (C=O) groups excluding carboxylic acids is 1. The van der Waals surface area contributed by atoms with Crippen LogP contribution < -0.4 is 11.1 Å². The van der Waals surface area contributed by atoms with Crippen LogP contribution in [-0.4, -0.2) is 17.5 Å². The van der Waals surface area contributed by atoms with E-state index in [9.17, 15) is 4.79 Å². The lowest BCUT2D eigenvalue weighted by Crippen LogP contribution is -2.44. The predicted octanol–water partition coefficient (Wildman–Crippen LogP) is 2.20. The van der Waals surface area contributed by atoms with Gasteiger partial charge in [0.1, 0.15) is 0 Å². The van der Waals surface area contributed by atoms with E-state index in [1.165, 1.54) is 32.1 Å². The van der Waals surface area contributed by atoms with Crippen molar-refractivity contribution in [3.63, 3.8) is 0 Å². The Bertz CT molecular complexity index is 227. The summed E-state index contributed by atoms with van der Waals surface area (Å²) < 4.78 is 0. The first kappa shape index (κ1) is 13.5. The van der Waals surface area contributed by atoms with Crippen molar-refractivity contribution < 1.29 is 4.79 Å². The quantitative estimate of drug-likeness (QED) is 0.772. The monoisotopic (exact) mass is 226 g/mol. The van der Waals surface area contributed by atoms with Gasteiger partial charge in [0.05, 0.1) is 0 Å². The van der Waals surface area contributed by atoms with E-state index in [-0.39, 0.29) is 5.91 Å². The fourth-order valence-electron chi connectivity index (χ4n) is 2.47. The average Bonchev–Trinajstić information content (AvgIpc) is 2.16. The molecule has 16 heavy (non-hydrogen) atoms. The Balaban J connectivity index is 2.32. The van der Waals surface area contributed by atoms with Gasteiger partial charge in [0.15, 0.2) is 0 Å². The Morgan fingerprint density at radius 2 is 1.94 bits per heavy atom. The highest BCUT2D eigenvalue weighted by molar-refractivity contribution is 5.77. The standard InChI is InChI=1S/C13H26N2O/c1-10(11-7-5-4-6-8-11)15-12(16)9-13(2,3)14/h10-11H,4-9,14H2,1-3H3,(H,15,16). The molecule has 0 spiro atoms. The zero-order chi connectivity index (χ0) is 12.2. The molecular weight excluding hydrogens is 200 g/mol. The fraction of sp³-hybridized carbons (Fsp3) is 0.923. The molecule has 1 saturated carbocycles. The molecule has 0 aromatic rings. The lowest BCUT2D eigenvalue weighted by molar-refractivity contribution is -0.123. The number of hydrogen-bond donors (Lipinski definition) is 2.